The lowest BCUT2D eigenvalue weighted by Crippen LogP contribution is -2.04. The van der Waals surface area contributed by atoms with Crippen molar-refractivity contribution in [1.82, 2.24) is 0 Å². The summed E-state index contributed by atoms with van der Waals surface area (Å²) >= 11 is 7.39. The normalized spacial score (nSPS) is 9.85. The summed E-state index contributed by atoms with van der Waals surface area (Å²) in [5.74, 6) is -1.19. The molecule has 2 nitrogen and oxygen atoms in total. The highest BCUT2D eigenvalue weighted by Crippen LogP contribution is 2.22. The van der Waals surface area contributed by atoms with Crippen LogP contribution in [0.4, 0.5) is 4.39 Å². The zero-order chi connectivity index (χ0) is 10.0. The number of carbonyl (C=O) groups excluding carboxylic acids is 1. The number of ether oxygens (including phenoxy) is 1. The maximum atomic E-state index is 12.9. The van der Waals surface area contributed by atoms with E-state index in [1.54, 1.807) is 0 Å². The first-order valence-corrected chi connectivity index (χ1v) is 4.74. The van der Waals surface area contributed by atoms with Crippen LogP contribution in [0.25, 0.3) is 0 Å². The quantitative estimate of drug-likeness (QED) is 0.453. The van der Waals surface area contributed by atoms with E-state index in [4.69, 9.17) is 11.6 Å². The summed E-state index contributed by atoms with van der Waals surface area (Å²) in [6.07, 6.45) is 0. The highest BCUT2D eigenvalue weighted by Gasteiger charge is 2.13. The second-order valence-corrected chi connectivity index (χ2v) is 3.81. The smallest absolute Gasteiger partial charge is 0.339 e. The van der Waals surface area contributed by atoms with E-state index in [9.17, 15) is 9.18 Å². The van der Waals surface area contributed by atoms with Gasteiger partial charge < -0.3 is 4.74 Å². The average Bonchev–Trinajstić information content (AvgIpc) is 2.10. The Balaban J connectivity index is 3.23. The Hall–Kier alpha value is -0.360. The van der Waals surface area contributed by atoms with Crippen molar-refractivity contribution in [3.8, 4) is 0 Å². The molecule has 0 aliphatic carbocycles. The molecule has 0 aromatic heterocycles. The molecule has 5 heteroatoms. The van der Waals surface area contributed by atoms with Gasteiger partial charge in [0.05, 0.1) is 17.7 Å². The Kier molecular flexibility index (Phi) is 3.49. The number of hydrogen-bond donors (Lipinski definition) is 0. The SMILES string of the molecule is COC(=O)c1cc(F)c(Cl)cc1I. The third kappa shape index (κ3) is 2.31. The third-order valence-electron chi connectivity index (χ3n) is 1.42. The van der Waals surface area contributed by atoms with Crippen LogP contribution in [0.5, 0.6) is 0 Å². The number of benzene rings is 1. The van der Waals surface area contributed by atoms with Crippen molar-refractivity contribution in [2.45, 2.75) is 0 Å². The molecular weight excluding hydrogens is 309 g/mol. The Bertz CT molecular complexity index is 354. The van der Waals surface area contributed by atoms with Crippen molar-refractivity contribution in [2.24, 2.45) is 0 Å². The number of carbonyl (C=O) groups is 1. The summed E-state index contributed by atoms with van der Waals surface area (Å²) in [5.41, 5.74) is 0.185. The van der Waals surface area contributed by atoms with E-state index >= 15 is 0 Å². The van der Waals surface area contributed by atoms with Crippen LogP contribution in [0.3, 0.4) is 0 Å². The molecule has 0 saturated heterocycles. The summed E-state index contributed by atoms with van der Waals surface area (Å²) in [6, 6.07) is 2.44. The summed E-state index contributed by atoms with van der Waals surface area (Å²) in [7, 11) is 1.24. The second kappa shape index (κ2) is 4.23. The molecule has 0 unspecified atom stereocenters. The molecule has 0 heterocycles. The fraction of sp³-hybridized carbons (Fsp3) is 0.125. The molecule has 70 valence electrons. The lowest BCUT2D eigenvalue weighted by molar-refractivity contribution is 0.0599. The predicted molar refractivity (Wildman–Crippen MR) is 55.5 cm³/mol. The zero-order valence-corrected chi connectivity index (χ0v) is 9.52. The largest absolute Gasteiger partial charge is 0.465 e. The van der Waals surface area contributed by atoms with Crippen LogP contribution in [-0.2, 0) is 4.74 Å². The number of methoxy groups -OCH3 is 1. The van der Waals surface area contributed by atoms with Gasteiger partial charge in [-0.1, -0.05) is 11.6 Å². The standard InChI is InChI=1S/C8H5ClFIO2/c1-13-8(12)4-2-6(10)5(9)3-7(4)11/h2-3H,1H3. The molecule has 0 aliphatic heterocycles. The first-order chi connectivity index (χ1) is 6.06. The molecule has 0 N–H and O–H groups in total. The summed E-state index contributed by atoms with van der Waals surface area (Å²) in [6.45, 7) is 0. The fourth-order valence-electron chi connectivity index (χ4n) is 0.789. The average molecular weight is 314 g/mol. The predicted octanol–water partition coefficient (Wildman–Crippen LogP) is 2.87. The van der Waals surface area contributed by atoms with Gasteiger partial charge in [-0.2, -0.15) is 0 Å². The molecule has 1 rings (SSSR count). The number of halogens is 3. The minimum atomic E-state index is -0.623. The van der Waals surface area contributed by atoms with Crippen molar-refractivity contribution >= 4 is 40.2 Å². The molecule has 0 saturated carbocycles. The van der Waals surface area contributed by atoms with Crippen LogP contribution >= 0.6 is 34.2 Å². The molecule has 0 aliphatic rings. The van der Waals surface area contributed by atoms with Crippen molar-refractivity contribution in [2.75, 3.05) is 7.11 Å². The Morgan fingerprint density at radius 1 is 1.62 bits per heavy atom. The summed E-state index contributed by atoms with van der Waals surface area (Å²) < 4.78 is 17.9. The lowest BCUT2D eigenvalue weighted by atomic mass is 10.2. The van der Waals surface area contributed by atoms with E-state index in [0.717, 1.165) is 6.07 Å². The van der Waals surface area contributed by atoms with Crippen LogP contribution in [0.1, 0.15) is 10.4 Å². The third-order valence-corrected chi connectivity index (χ3v) is 2.60. The van der Waals surface area contributed by atoms with Crippen molar-refractivity contribution in [1.29, 1.82) is 0 Å². The minimum absolute atomic E-state index is 0.00273. The van der Waals surface area contributed by atoms with Crippen LogP contribution < -0.4 is 0 Å². The van der Waals surface area contributed by atoms with Gasteiger partial charge in [0.15, 0.2) is 0 Å². The van der Waals surface area contributed by atoms with E-state index in [-0.39, 0.29) is 10.6 Å². The molecule has 0 amide bonds. The first-order valence-electron chi connectivity index (χ1n) is 3.29. The van der Waals surface area contributed by atoms with Crippen LogP contribution in [-0.4, -0.2) is 13.1 Å². The molecule has 0 fully saturated rings. The van der Waals surface area contributed by atoms with E-state index in [1.165, 1.54) is 13.2 Å². The summed E-state index contributed by atoms with van der Waals surface area (Å²) in [5, 5.41) is -0.00273. The molecule has 0 spiro atoms. The maximum Gasteiger partial charge on any atom is 0.339 e. The molecule has 1 aromatic carbocycles. The minimum Gasteiger partial charge on any atom is -0.465 e. The van der Waals surface area contributed by atoms with Gasteiger partial charge in [0.25, 0.3) is 0 Å². The van der Waals surface area contributed by atoms with Gasteiger partial charge in [0.2, 0.25) is 0 Å². The molecule has 0 bridgehead atoms. The van der Waals surface area contributed by atoms with Gasteiger partial charge >= 0.3 is 5.97 Å². The van der Waals surface area contributed by atoms with Gasteiger partial charge in [0.1, 0.15) is 5.82 Å². The van der Waals surface area contributed by atoms with Crippen molar-refractivity contribution < 1.29 is 13.9 Å². The van der Waals surface area contributed by atoms with Crippen LogP contribution in [0, 0.1) is 9.39 Å². The van der Waals surface area contributed by atoms with Gasteiger partial charge in [-0.15, -0.1) is 0 Å². The van der Waals surface area contributed by atoms with Gasteiger partial charge in [0, 0.05) is 3.57 Å². The Morgan fingerprint density at radius 3 is 2.77 bits per heavy atom. The number of esters is 1. The highest BCUT2D eigenvalue weighted by molar-refractivity contribution is 14.1. The molecule has 1 aromatic rings. The molecular formula is C8H5ClFIO2. The Labute approximate surface area is 93.2 Å². The van der Waals surface area contributed by atoms with Gasteiger partial charge in [-0.05, 0) is 34.7 Å². The zero-order valence-electron chi connectivity index (χ0n) is 6.61. The van der Waals surface area contributed by atoms with Crippen LogP contribution in [0.15, 0.2) is 12.1 Å². The number of rotatable bonds is 1. The maximum absolute atomic E-state index is 12.9. The molecule has 0 radical (unpaired) electrons. The van der Waals surface area contributed by atoms with Crippen molar-refractivity contribution in [3.05, 3.63) is 32.1 Å². The second-order valence-electron chi connectivity index (χ2n) is 2.24. The highest BCUT2D eigenvalue weighted by atomic mass is 127. The van der Waals surface area contributed by atoms with Gasteiger partial charge in [-0.25, -0.2) is 9.18 Å². The topological polar surface area (TPSA) is 26.3 Å². The Morgan fingerprint density at radius 2 is 2.23 bits per heavy atom. The first kappa shape index (κ1) is 10.7. The van der Waals surface area contributed by atoms with E-state index in [1.807, 2.05) is 22.6 Å². The lowest BCUT2D eigenvalue weighted by Gasteiger charge is -2.03. The molecule has 0 atom stereocenters. The monoisotopic (exact) mass is 314 g/mol. The van der Waals surface area contributed by atoms with E-state index in [2.05, 4.69) is 4.74 Å². The summed E-state index contributed by atoms with van der Waals surface area (Å²) in [4.78, 5) is 11.1. The number of hydrogen-bond acceptors (Lipinski definition) is 2. The molecule has 13 heavy (non-hydrogen) atoms. The van der Waals surface area contributed by atoms with Crippen LogP contribution in [0.2, 0.25) is 5.02 Å². The van der Waals surface area contributed by atoms with Gasteiger partial charge in [-0.3, -0.25) is 0 Å². The fourth-order valence-corrected chi connectivity index (χ4v) is 1.82. The van der Waals surface area contributed by atoms with Crippen molar-refractivity contribution in [3.63, 3.8) is 0 Å². The van der Waals surface area contributed by atoms with E-state index < -0.39 is 11.8 Å². The van der Waals surface area contributed by atoms with E-state index in [0.29, 0.717) is 3.57 Å².